The molecule has 2 rings (SSSR count). The van der Waals surface area contributed by atoms with Gasteiger partial charge in [0.25, 0.3) is 5.91 Å². The van der Waals surface area contributed by atoms with E-state index in [4.69, 9.17) is 16.4 Å². The van der Waals surface area contributed by atoms with Gasteiger partial charge < -0.3 is 0 Å². The standard InChI is InChI=1S/C11H11ClFNO2/c12-10-8(4-3-5-9(10)13)11(15)14-6-1-2-7-16-14/h3-5H,1-2,6-7H2. The summed E-state index contributed by atoms with van der Waals surface area (Å²) < 4.78 is 13.2. The summed E-state index contributed by atoms with van der Waals surface area (Å²) in [5, 5.41) is 1.09. The third kappa shape index (κ3) is 2.18. The summed E-state index contributed by atoms with van der Waals surface area (Å²) in [5.41, 5.74) is 0.142. The van der Waals surface area contributed by atoms with Gasteiger partial charge in [-0.1, -0.05) is 17.7 Å². The summed E-state index contributed by atoms with van der Waals surface area (Å²) in [6, 6.07) is 4.17. The van der Waals surface area contributed by atoms with Gasteiger partial charge >= 0.3 is 0 Å². The number of nitrogens with zero attached hydrogens (tertiary/aromatic N) is 1. The minimum absolute atomic E-state index is 0.142. The highest BCUT2D eigenvalue weighted by Crippen LogP contribution is 2.22. The van der Waals surface area contributed by atoms with Gasteiger partial charge in [-0.3, -0.25) is 9.63 Å². The summed E-state index contributed by atoms with van der Waals surface area (Å²) in [5.74, 6) is -0.978. The first kappa shape index (κ1) is 11.4. The molecule has 3 nitrogen and oxygen atoms in total. The number of hydrogen-bond acceptors (Lipinski definition) is 2. The molecule has 1 heterocycles. The van der Waals surface area contributed by atoms with Gasteiger partial charge in [-0.25, -0.2) is 9.45 Å². The lowest BCUT2D eigenvalue weighted by Crippen LogP contribution is -2.35. The van der Waals surface area contributed by atoms with E-state index in [0.717, 1.165) is 12.8 Å². The van der Waals surface area contributed by atoms with E-state index in [1.165, 1.54) is 23.3 Å². The molecule has 1 aromatic carbocycles. The Morgan fingerprint density at radius 3 is 2.94 bits per heavy atom. The fourth-order valence-corrected chi connectivity index (χ4v) is 1.77. The zero-order valence-corrected chi connectivity index (χ0v) is 9.34. The lowest BCUT2D eigenvalue weighted by atomic mass is 10.2. The van der Waals surface area contributed by atoms with E-state index in [0.29, 0.717) is 13.2 Å². The van der Waals surface area contributed by atoms with Gasteiger partial charge in [-0.05, 0) is 25.0 Å². The summed E-state index contributed by atoms with van der Waals surface area (Å²) >= 11 is 5.73. The second-order valence-corrected chi connectivity index (χ2v) is 3.93. The van der Waals surface area contributed by atoms with Crippen molar-refractivity contribution >= 4 is 17.5 Å². The topological polar surface area (TPSA) is 29.5 Å². The lowest BCUT2D eigenvalue weighted by Gasteiger charge is -2.26. The summed E-state index contributed by atoms with van der Waals surface area (Å²) in [6.45, 7) is 1.03. The second kappa shape index (κ2) is 4.80. The molecule has 0 atom stereocenters. The monoisotopic (exact) mass is 243 g/mol. The molecule has 1 aliphatic heterocycles. The molecule has 0 radical (unpaired) electrons. The minimum atomic E-state index is -0.593. The van der Waals surface area contributed by atoms with Crippen LogP contribution in [0.1, 0.15) is 23.2 Å². The van der Waals surface area contributed by atoms with Crippen LogP contribution in [0.2, 0.25) is 5.02 Å². The normalized spacial score (nSPS) is 16.2. The predicted octanol–water partition coefficient (Wildman–Crippen LogP) is 2.65. The molecule has 1 aliphatic rings. The van der Waals surface area contributed by atoms with Gasteiger partial charge in [0.05, 0.1) is 17.2 Å². The van der Waals surface area contributed by atoms with Crippen molar-refractivity contribution in [3.05, 3.63) is 34.6 Å². The van der Waals surface area contributed by atoms with E-state index in [1.807, 2.05) is 0 Å². The molecule has 0 aliphatic carbocycles. The fourth-order valence-electron chi connectivity index (χ4n) is 1.56. The number of amides is 1. The van der Waals surface area contributed by atoms with E-state index in [-0.39, 0.29) is 16.5 Å². The third-order valence-electron chi connectivity index (χ3n) is 2.41. The number of rotatable bonds is 1. The van der Waals surface area contributed by atoms with Crippen LogP contribution in [0.3, 0.4) is 0 Å². The van der Waals surface area contributed by atoms with Crippen molar-refractivity contribution in [1.29, 1.82) is 0 Å². The highest BCUT2D eigenvalue weighted by atomic mass is 35.5. The van der Waals surface area contributed by atoms with Gasteiger partial charge in [0.2, 0.25) is 0 Å². The Morgan fingerprint density at radius 1 is 1.44 bits per heavy atom. The van der Waals surface area contributed by atoms with Crippen molar-refractivity contribution in [2.45, 2.75) is 12.8 Å². The SMILES string of the molecule is O=C(c1cccc(F)c1Cl)N1CCCCO1. The van der Waals surface area contributed by atoms with Crippen LogP contribution >= 0.6 is 11.6 Å². The lowest BCUT2D eigenvalue weighted by molar-refractivity contribution is -0.144. The Kier molecular flexibility index (Phi) is 3.41. The van der Waals surface area contributed by atoms with Crippen molar-refractivity contribution in [3.8, 4) is 0 Å². The zero-order chi connectivity index (χ0) is 11.5. The maximum absolute atomic E-state index is 13.2. The Balaban J connectivity index is 2.22. The average molecular weight is 244 g/mol. The van der Waals surface area contributed by atoms with Crippen molar-refractivity contribution in [3.63, 3.8) is 0 Å². The van der Waals surface area contributed by atoms with Crippen LogP contribution in [0, 0.1) is 5.82 Å². The van der Waals surface area contributed by atoms with Crippen molar-refractivity contribution in [2.24, 2.45) is 0 Å². The smallest absolute Gasteiger partial charge is 0.271 e. The molecule has 0 unspecified atom stereocenters. The van der Waals surface area contributed by atoms with Crippen LogP contribution in [-0.2, 0) is 4.84 Å². The van der Waals surface area contributed by atoms with E-state index in [2.05, 4.69) is 0 Å². The van der Waals surface area contributed by atoms with Gasteiger partial charge in [-0.2, -0.15) is 0 Å². The summed E-state index contributed by atoms with van der Waals surface area (Å²) in [6.07, 6.45) is 1.82. The molecule has 86 valence electrons. The molecule has 0 saturated carbocycles. The number of benzene rings is 1. The maximum Gasteiger partial charge on any atom is 0.279 e. The van der Waals surface area contributed by atoms with E-state index in [9.17, 15) is 9.18 Å². The Morgan fingerprint density at radius 2 is 2.25 bits per heavy atom. The predicted molar refractivity (Wildman–Crippen MR) is 57.6 cm³/mol. The molecule has 1 saturated heterocycles. The zero-order valence-electron chi connectivity index (χ0n) is 8.58. The van der Waals surface area contributed by atoms with Gasteiger partial charge in [-0.15, -0.1) is 0 Å². The number of hydrogen-bond donors (Lipinski definition) is 0. The van der Waals surface area contributed by atoms with Crippen LogP contribution in [0.5, 0.6) is 0 Å². The fraction of sp³-hybridized carbons (Fsp3) is 0.364. The maximum atomic E-state index is 13.2. The van der Waals surface area contributed by atoms with Crippen LogP contribution < -0.4 is 0 Å². The Hall–Kier alpha value is -1.13. The molecular weight excluding hydrogens is 233 g/mol. The van der Waals surface area contributed by atoms with Crippen molar-refractivity contribution < 1.29 is 14.0 Å². The molecule has 16 heavy (non-hydrogen) atoms. The molecule has 0 bridgehead atoms. The molecule has 0 spiro atoms. The first-order chi connectivity index (χ1) is 7.70. The largest absolute Gasteiger partial charge is 0.279 e. The van der Waals surface area contributed by atoms with E-state index in [1.54, 1.807) is 0 Å². The molecule has 1 fully saturated rings. The van der Waals surface area contributed by atoms with Crippen LogP contribution in [0.25, 0.3) is 0 Å². The van der Waals surface area contributed by atoms with Crippen LogP contribution in [0.4, 0.5) is 4.39 Å². The second-order valence-electron chi connectivity index (χ2n) is 3.55. The van der Waals surface area contributed by atoms with Gasteiger partial charge in [0, 0.05) is 6.54 Å². The van der Waals surface area contributed by atoms with Gasteiger partial charge in [0.1, 0.15) is 5.82 Å². The van der Waals surface area contributed by atoms with E-state index < -0.39 is 5.82 Å². The van der Waals surface area contributed by atoms with Crippen LogP contribution in [-0.4, -0.2) is 24.1 Å². The number of halogens is 2. The molecular formula is C11H11ClFNO2. The van der Waals surface area contributed by atoms with Gasteiger partial charge in [0.15, 0.2) is 0 Å². The molecule has 5 heteroatoms. The number of hydroxylamine groups is 2. The minimum Gasteiger partial charge on any atom is -0.271 e. The molecule has 1 amide bonds. The Labute approximate surface area is 97.7 Å². The number of carbonyl (C=O) groups excluding carboxylic acids is 1. The quantitative estimate of drug-likeness (QED) is 0.759. The van der Waals surface area contributed by atoms with Crippen molar-refractivity contribution in [2.75, 3.05) is 13.2 Å². The molecule has 1 aromatic rings. The first-order valence-corrected chi connectivity index (χ1v) is 5.47. The first-order valence-electron chi connectivity index (χ1n) is 5.09. The van der Waals surface area contributed by atoms with E-state index >= 15 is 0 Å². The Bertz CT molecular complexity index is 405. The third-order valence-corrected chi connectivity index (χ3v) is 2.80. The summed E-state index contributed by atoms with van der Waals surface area (Å²) in [4.78, 5) is 17.1. The number of carbonyl (C=O) groups is 1. The highest BCUT2D eigenvalue weighted by molar-refractivity contribution is 6.33. The average Bonchev–Trinajstić information content (AvgIpc) is 2.33. The highest BCUT2D eigenvalue weighted by Gasteiger charge is 2.22. The molecule has 0 N–H and O–H groups in total. The van der Waals surface area contributed by atoms with Crippen LogP contribution in [0.15, 0.2) is 18.2 Å². The molecule has 0 aromatic heterocycles. The summed E-state index contributed by atoms with van der Waals surface area (Å²) in [7, 11) is 0. The van der Waals surface area contributed by atoms with Crippen molar-refractivity contribution in [1.82, 2.24) is 5.06 Å².